The zero-order valence-corrected chi connectivity index (χ0v) is 11.0. The van der Waals surface area contributed by atoms with Gasteiger partial charge in [0.25, 0.3) is 0 Å². The van der Waals surface area contributed by atoms with Crippen LogP contribution in [0.2, 0.25) is 0 Å². The van der Waals surface area contributed by atoms with Gasteiger partial charge in [0, 0.05) is 12.0 Å². The second-order valence-electron chi connectivity index (χ2n) is 5.59. The van der Waals surface area contributed by atoms with Gasteiger partial charge in [0.05, 0.1) is 0 Å². The summed E-state index contributed by atoms with van der Waals surface area (Å²) in [5.74, 6) is 1.29. The maximum atomic E-state index is 12.2. The van der Waals surface area contributed by atoms with Crippen molar-refractivity contribution >= 4 is 5.91 Å². The molecule has 0 bridgehead atoms. The third-order valence-electron chi connectivity index (χ3n) is 4.47. The molecule has 2 unspecified atom stereocenters. The highest BCUT2D eigenvalue weighted by atomic mass is 16.1. The molecule has 1 amide bonds. The number of rotatable bonds is 3. The van der Waals surface area contributed by atoms with E-state index in [0.29, 0.717) is 11.9 Å². The lowest BCUT2D eigenvalue weighted by Gasteiger charge is -2.33. The van der Waals surface area contributed by atoms with Gasteiger partial charge in [-0.05, 0) is 44.7 Å². The average Bonchev–Trinajstić information content (AvgIpc) is 2.40. The Kier molecular flexibility index (Phi) is 4.84. The number of hydrogen-bond acceptors (Lipinski definition) is 2. The Hall–Kier alpha value is -0.570. The van der Waals surface area contributed by atoms with Gasteiger partial charge in [-0.1, -0.05) is 26.2 Å². The minimum absolute atomic E-state index is 0.260. The summed E-state index contributed by atoms with van der Waals surface area (Å²) < 4.78 is 0. The van der Waals surface area contributed by atoms with Crippen molar-refractivity contribution in [1.82, 2.24) is 10.6 Å². The Balaban J connectivity index is 1.83. The molecule has 0 radical (unpaired) electrons. The highest BCUT2D eigenvalue weighted by Crippen LogP contribution is 2.27. The van der Waals surface area contributed by atoms with E-state index in [-0.39, 0.29) is 5.92 Å². The predicted octanol–water partition coefficient (Wildman–Crippen LogP) is 2.07. The van der Waals surface area contributed by atoms with Crippen LogP contribution in [0.15, 0.2) is 0 Å². The van der Waals surface area contributed by atoms with Gasteiger partial charge in [0.2, 0.25) is 5.91 Å². The number of nitrogens with one attached hydrogen (secondary N) is 2. The summed E-state index contributed by atoms with van der Waals surface area (Å²) in [5, 5.41) is 6.64. The first-order valence-electron chi connectivity index (χ1n) is 7.32. The molecule has 1 aliphatic heterocycles. The molecule has 2 N–H and O–H groups in total. The number of amides is 1. The summed E-state index contributed by atoms with van der Waals surface area (Å²) in [5.41, 5.74) is 0. The Morgan fingerprint density at radius 3 is 2.59 bits per heavy atom. The first-order valence-corrected chi connectivity index (χ1v) is 7.32. The van der Waals surface area contributed by atoms with E-state index in [1.807, 2.05) is 0 Å². The van der Waals surface area contributed by atoms with Crippen LogP contribution >= 0.6 is 0 Å². The zero-order valence-electron chi connectivity index (χ0n) is 11.0. The molecule has 0 aromatic rings. The smallest absolute Gasteiger partial charge is 0.223 e. The van der Waals surface area contributed by atoms with Gasteiger partial charge in [0.15, 0.2) is 0 Å². The van der Waals surface area contributed by atoms with E-state index in [0.717, 1.165) is 31.8 Å². The maximum Gasteiger partial charge on any atom is 0.223 e. The van der Waals surface area contributed by atoms with Gasteiger partial charge in [-0.2, -0.15) is 0 Å². The molecule has 0 spiro atoms. The molecule has 1 saturated carbocycles. The fourth-order valence-electron chi connectivity index (χ4n) is 3.27. The van der Waals surface area contributed by atoms with Gasteiger partial charge < -0.3 is 10.6 Å². The highest BCUT2D eigenvalue weighted by molar-refractivity contribution is 5.79. The Morgan fingerprint density at radius 2 is 1.88 bits per heavy atom. The van der Waals surface area contributed by atoms with Crippen molar-refractivity contribution in [1.29, 1.82) is 0 Å². The standard InChI is InChI=1S/C14H26N2O/c1-2-11-5-3-4-6-13(11)16-14(17)12-7-9-15-10-8-12/h11-13,15H,2-10H2,1H3,(H,16,17). The van der Waals surface area contributed by atoms with Crippen LogP contribution < -0.4 is 10.6 Å². The molecule has 2 rings (SSSR count). The van der Waals surface area contributed by atoms with Gasteiger partial charge in [0.1, 0.15) is 0 Å². The van der Waals surface area contributed by atoms with Crippen molar-refractivity contribution in [3.8, 4) is 0 Å². The highest BCUT2D eigenvalue weighted by Gasteiger charge is 2.28. The van der Waals surface area contributed by atoms with E-state index in [2.05, 4.69) is 17.6 Å². The maximum absolute atomic E-state index is 12.2. The molecule has 2 aliphatic rings. The minimum atomic E-state index is 0.260. The van der Waals surface area contributed by atoms with Crippen LogP contribution in [0.4, 0.5) is 0 Å². The fourth-order valence-corrected chi connectivity index (χ4v) is 3.27. The monoisotopic (exact) mass is 238 g/mol. The number of carbonyl (C=O) groups is 1. The molecular weight excluding hydrogens is 212 g/mol. The Morgan fingerprint density at radius 1 is 1.18 bits per heavy atom. The van der Waals surface area contributed by atoms with E-state index < -0.39 is 0 Å². The van der Waals surface area contributed by atoms with Gasteiger partial charge in [-0.15, -0.1) is 0 Å². The summed E-state index contributed by atoms with van der Waals surface area (Å²) in [6.07, 6.45) is 8.34. The van der Waals surface area contributed by atoms with E-state index >= 15 is 0 Å². The van der Waals surface area contributed by atoms with E-state index in [4.69, 9.17) is 0 Å². The van der Waals surface area contributed by atoms with Gasteiger partial charge in [-0.25, -0.2) is 0 Å². The quantitative estimate of drug-likeness (QED) is 0.790. The van der Waals surface area contributed by atoms with Crippen LogP contribution in [0, 0.1) is 11.8 Å². The topological polar surface area (TPSA) is 41.1 Å². The van der Waals surface area contributed by atoms with Crippen molar-refractivity contribution in [2.24, 2.45) is 11.8 Å². The third-order valence-corrected chi connectivity index (χ3v) is 4.47. The largest absolute Gasteiger partial charge is 0.353 e. The lowest BCUT2D eigenvalue weighted by Crippen LogP contribution is -2.46. The second-order valence-corrected chi connectivity index (χ2v) is 5.59. The van der Waals surface area contributed by atoms with Gasteiger partial charge in [-0.3, -0.25) is 4.79 Å². The second kappa shape index (κ2) is 6.39. The van der Waals surface area contributed by atoms with Crippen molar-refractivity contribution < 1.29 is 4.79 Å². The zero-order chi connectivity index (χ0) is 12.1. The summed E-state index contributed by atoms with van der Waals surface area (Å²) in [6, 6.07) is 0.455. The number of carbonyl (C=O) groups excluding carboxylic acids is 1. The third kappa shape index (κ3) is 3.44. The van der Waals surface area contributed by atoms with E-state index in [9.17, 15) is 4.79 Å². The van der Waals surface area contributed by atoms with Crippen LogP contribution in [0.3, 0.4) is 0 Å². The molecule has 98 valence electrons. The fraction of sp³-hybridized carbons (Fsp3) is 0.929. The van der Waals surface area contributed by atoms with Crippen molar-refractivity contribution in [2.45, 2.75) is 57.9 Å². The predicted molar refractivity (Wildman–Crippen MR) is 69.8 cm³/mol. The first-order chi connectivity index (χ1) is 8.31. The van der Waals surface area contributed by atoms with Gasteiger partial charge >= 0.3 is 0 Å². The van der Waals surface area contributed by atoms with Crippen LogP contribution in [0.1, 0.15) is 51.9 Å². The molecule has 17 heavy (non-hydrogen) atoms. The van der Waals surface area contributed by atoms with Crippen molar-refractivity contribution in [3.63, 3.8) is 0 Å². The summed E-state index contributed by atoms with van der Waals surface area (Å²) in [6.45, 7) is 4.25. The van der Waals surface area contributed by atoms with E-state index in [1.54, 1.807) is 0 Å². The lowest BCUT2D eigenvalue weighted by atomic mass is 9.82. The van der Waals surface area contributed by atoms with Crippen LogP contribution in [-0.2, 0) is 4.79 Å². The molecule has 2 fully saturated rings. The summed E-state index contributed by atoms with van der Waals surface area (Å²) >= 11 is 0. The molecule has 3 heteroatoms. The molecule has 1 aliphatic carbocycles. The Bertz CT molecular complexity index is 249. The molecule has 1 heterocycles. The molecule has 2 atom stereocenters. The Labute approximate surface area is 105 Å². The average molecular weight is 238 g/mol. The summed E-state index contributed by atoms with van der Waals surface area (Å²) in [4.78, 5) is 12.2. The van der Waals surface area contributed by atoms with Crippen LogP contribution in [0.5, 0.6) is 0 Å². The molecule has 1 saturated heterocycles. The van der Waals surface area contributed by atoms with Crippen molar-refractivity contribution in [3.05, 3.63) is 0 Å². The SMILES string of the molecule is CCC1CCCCC1NC(=O)C1CCNCC1. The van der Waals surface area contributed by atoms with Crippen molar-refractivity contribution in [2.75, 3.05) is 13.1 Å². The first kappa shape index (κ1) is 12.9. The van der Waals surface area contributed by atoms with Crippen LogP contribution in [-0.4, -0.2) is 25.0 Å². The summed E-state index contributed by atoms with van der Waals surface area (Å²) in [7, 11) is 0. The molecule has 3 nitrogen and oxygen atoms in total. The lowest BCUT2D eigenvalue weighted by molar-refractivity contribution is -0.127. The van der Waals surface area contributed by atoms with Crippen LogP contribution in [0.25, 0.3) is 0 Å². The molecule has 0 aromatic heterocycles. The normalized spacial score (nSPS) is 31.1. The minimum Gasteiger partial charge on any atom is -0.353 e. The molecule has 0 aromatic carbocycles. The van der Waals surface area contributed by atoms with E-state index in [1.165, 1.54) is 32.1 Å². The number of piperidine rings is 1. The number of hydrogen-bond donors (Lipinski definition) is 2. The molecular formula is C14H26N2O.